The molecular formula is C24H19I2N3O6. The first-order chi connectivity index (χ1) is 16.9. The van der Waals surface area contributed by atoms with Crippen LogP contribution in [0.25, 0.3) is 0 Å². The Hall–Kier alpha value is -2.94. The number of carbonyl (C=O) groups excluding carboxylic acids is 1. The van der Waals surface area contributed by atoms with Crippen molar-refractivity contribution in [1.29, 1.82) is 0 Å². The molecular weight excluding hydrogens is 680 g/mol. The summed E-state index contributed by atoms with van der Waals surface area (Å²) in [7, 11) is 0. The third-order valence-corrected chi connectivity index (χ3v) is 6.53. The number of fused-ring (bicyclic) bond motifs is 1. The number of non-ortho nitro benzene ring substituents is 1. The van der Waals surface area contributed by atoms with Gasteiger partial charge in [0, 0.05) is 12.1 Å². The average Bonchev–Trinajstić information content (AvgIpc) is 2.83. The summed E-state index contributed by atoms with van der Waals surface area (Å²) < 4.78 is 18.7. The van der Waals surface area contributed by atoms with Crippen molar-refractivity contribution in [1.82, 2.24) is 5.43 Å². The number of hydrogen-bond donors (Lipinski definition) is 1. The highest BCUT2D eigenvalue weighted by Gasteiger charge is 2.13. The van der Waals surface area contributed by atoms with Crippen LogP contribution in [0, 0.1) is 17.3 Å². The van der Waals surface area contributed by atoms with Gasteiger partial charge in [0.1, 0.15) is 25.6 Å². The van der Waals surface area contributed by atoms with Gasteiger partial charge in [0.05, 0.1) is 24.7 Å². The van der Waals surface area contributed by atoms with Gasteiger partial charge in [-0.2, -0.15) is 5.10 Å². The molecule has 180 valence electrons. The molecule has 9 nitrogen and oxygen atoms in total. The number of ether oxygens (including phenoxy) is 3. The van der Waals surface area contributed by atoms with E-state index in [1.54, 1.807) is 30.5 Å². The molecule has 4 rings (SSSR count). The van der Waals surface area contributed by atoms with Gasteiger partial charge in [0.15, 0.2) is 11.5 Å². The summed E-state index contributed by atoms with van der Waals surface area (Å²) in [4.78, 5) is 22.6. The average molecular weight is 699 g/mol. The molecule has 1 N–H and O–H groups in total. The number of benzene rings is 3. The Bertz CT molecular complexity index is 1260. The van der Waals surface area contributed by atoms with Crippen molar-refractivity contribution in [3.05, 3.63) is 88.5 Å². The minimum Gasteiger partial charge on any atom is -0.487 e. The lowest BCUT2D eigenvalue weighted by atomic mass is 10.1. The fraction of sp³-hybridized carbons (Fsp3) is 0.167. The van der Waals surface area contributed by atoms with Gasteiger partial charge in [-0.15, -0.1) is 0 Å². The van der Waals surface area contributed by atoms with E-state index in [9.17, 15) is 14.9 Å². The van der Waals surface area contributed by atoms with Crippen LogP contribution in [0.2, 0.25) is 0 Å². The van der Waals surface area contributed by atoms with Gasteiger partial charge in [-0.25, -0.2) is 5.43 Å². The monoisotopic (exact) mass is 699 g/mol. The number of nitrogens with zero attached hydrogens (tertiary/aromatic N) is 2. The molecule has 1 heterocycles. The van der Waals surface area contributed by atoms with Crippen LogP contribution in [0.15, 0.2) is 59.7 Å². The summed E-state index contributed by atoms with van der Waals surface area (Å²) >= 11 is 4.35. The molecule has 11 heteroatoms. The van der Waals surface area contributed by atoms with Gasteiger partial charge in [0.2, 0.25) is 5.91 Å². The Labute approximate surface area is 228 Å². The highest BCUT2D eigenvalue weighted by molar-refractivity contribution is 14.1. The molecule has 0 saturated carbocycles. The molecule has 0 fully saturated rings. The number of carbonyl (C=O) groups is 1. The molecule has 0 aliphatic carbocycles. The summed E-state index contributed by atoms with van der Waals surface area (Å²) in [6, 6.07) is 15.5. The van der Waals surface area contributed by atoms with Crippen molar-refractivity contribution in [2.45, 2.75) is 13.0 Å². The van der Waals surface area contributed by atoms with Gasteiger partial charge >= 0.3 is 0 Å². The second kappa shape index (κ2) is 11.7. The number of nitrogens with one attached hydrogen (secondary N) is 1. The third-order valence-electron chi connectivity index (χ3n) is 4.93. The van der Waals surface area contributed by atoms with Crippen molar-refractivity contribution in [3.8, 4) is 17.2 Å². The molecule has 0 saturated heterocycles. The SMILES string of the molecule is O=C(Cc1ccc2c(c1)OCCO2)N/N=C/c1cc(I)c(OCc2ccc([N+](=O)[O-])cc2)c(I)c1. The first kappa shape index (κ1) is 25.2. The first-order valence-corrected chi connectivity index (χ1v) is 12.6. The predicted octanol–water partition coefficient (Wildman–Crippen LogP) is 4.85. The van der Waals surface area contributed by atoms with Gasteiger partial charge in [-0.1, -0.05) is 6.07 Å². The molecule has 0 radical (unpaired) electrons. The van der Waals surface area contributed by atoms with Gasteiger partial charge < -0.3 is 14.2 Å². The summed E-state index contributed by atoms with van der Waals surface area (Å²) in [5, 5.41) is 14.9. The van der Waals surface area contributed by atoms with Crippen LogP contribution in [-0.2, 0) is 17.8 Å². The maximum atomic E-state index is 12.3. The number of nitro groups is 1. The fourth-order valence-corrected chi connectivity index (χ4v) is 5.39. The molecule has 0 atom stereocenters. The number of amides is 1. The zero-order valence-electron chi connectivity index (χ0n) is 18.2. The van der Waals surface area contributed by atoms with Crippen molar-refractivity contribution in [3.63, 3.8) is 0 Å². The fourth-order valence-electron chi connectivity index (χ4n) is 3.26. The summed E-state index contributed by atoms with van der Waals surface area (Å²) in [5.74, 6) is 1.79. The lowest BCUT2D eigenvalue weighted by molar-refractivity contribution is -0.384. The lowest BCUT2D eigenvalue weighted by Crippen LogP contribution is -2.20. The molecule has 0 bridgehead atoms. The Morgan fingerprint density at radius 2 is 1.69 bits per heavy atom. The van der Waals surface area contributed by atoms with Crippen LogP contribution in [-0.4, -0.2) is 30.3 Å². The summed E-state index contributed by atoms with van der Waals surface area (Å²) in [6.07, 6.45) is 1.74. The van der Waals surface area contributed by atoms with Crippen LogP contribution in [0.1, 0.15) is 16.7 Å². The first-order valence-electron chi connectivity index (χ1n) is 10.4. The van der Waals surface area contributed by atoms with Crippen LogP contribution >= 0.6 is 45.2 Å². The maximum Gasteiger partial charge on any atom is 0.269 e. The van der Waals surface area contributed by atoms with E-state index < -0.39 is 4.92 Å². The molecule has 35 heavy (non-hydrogen) atoms. The van der Waals surface area contributed by atoms with Crippen molar-refractivity contribution in [2.24, 2.45) is 5.10 Å². The number of hydrazone groups is 1. The molecule has 0 spiro atoms. The second-order valence-electron chi connectivity index (χ2n) is 7.47. The van der Waals surface area contributed by atoms with Gasteiger partial charge in [0.25, 0.3) is 5.69 Å². The lowest BCUT2D eigenvalue weighted by Gasteiger charge is -2.18. The predicted molar refractivity (Wildman–Crippen MR) is 146 cm³/mol. The summed E-state index contributed by atoms with van der Waals surface area (Å²) in [5.41, 5.74) is 5.03. The zero-order valence-corrected chi connectivity index (χ0v) is 22.5. The van der Waals surface area contributed by atoms with E-state index in [2.05, 4.69) is 55.7 Å². The van der Waals surface area contributed by atoms with Gasteiger partial charge in [-0.3, -0.25) is 14.9 Å². The minimum atomic E-state index is -0.433. The molecule has 0 aromatic heterocycles. The highest BCUT2D eigenvalue weighted by Crippen LogP contribution is 2.31. The topological polar surface area (TPSA) is 112 Å². The third kappa shape index (κ3) is 6.81. The molecule has 1 amide bonds. The van der Waals surface area contributed by atoms with E-state index in [0.717, 1.165) is 23.8 Å². The van der Waals surface area contributed by atoms with E-state index in [4.69, 9.17) is 14.2 Å². The van der Waals surface area contributed by atoms with Crippen molar-refractivity contribution in [2.75, 3.05) is 13.2 Å². The van der Waals surface area contributed by atoms with E-state index >= 15 is 0 Å². The normalized spacial score (nSPS) is 12.4. The Morgan fingerprint density at radius 3 is 2.37 bits per heavy atom. The van der Waals surface area contributed by atoms with Crippen LogP contribution in [0.4, 0.5) is 5.69 Å². The zero-order chi connectivity index (χ0) is 24.8. The molecule has 3 aromatic rings. The standard InChI is InChI=1S/C24H19I2N3O6/c25-19-9-17(10-20(26)24(19)35-14-15-1-4-18(5-2-15)29(31)32)13-27-28-23(30)12-16-3-6-21-22(11-16)34-8-7-33-21/h1-6,9-11,13H,7-8,12,14H2,(H,28,30)/b27-13+. The van der Waals surface area contributed by atoms with Gasteiger partial charge in [-0.05, 0) is 98.3 Å². The van der Waals surface area contributed by atoms with Crippen LogP contribution in [0.5, 0.6) is 17.2 Å². The van der Waals surface area contributed by atoms with Crippen LogP contribution in [0.3, 0.4) is 0 Å². The number of nitro benzene ring substituents is 1. The Balaban J connectivity index is 1.32. The summed E-state index contributed by atoms with van der Waals surface area (Å²) in [6.45, 7) is 1.30. The Kier molecular flexibility index (Phi) is 8.38. The quantitative estimate of drug-likeness (QED) is 0.156. The number of rotatable bonds is 8. The minimum absolute atomic E-state index is 0.0416. The van der Waals surface area contributed by atoms with Crippen molar-refractivity contribution >= 4 is 63.0 Å². The smallest absolute Gasteiger partial charge is 0.269 e. The van der Waals surface area contributed by atoms with E-state index in [1.165, 1.54) is 12.1 Å². The largest absolute Gasteiger partial charge is 0.487 e. The van der Waals surface area contributed by atoms with Crippen LogP contribution < -0.4 is 19.6 Å². The van der Waals surface area contributed by atoms with E-state index in [0.29, 0.717) is 30.5 Å². The molecule has 1 aliphatic rings. The molecule has 0 unspecified atom stereocenters. The highest BCUT2D eigenvalue weighted by atomic mass is 127. The number of halogens is 2. The molecule has 3 aromatic carbocycles. The van der Waals surface area contributed by atoms with E-state index in [1.807, 2.05) is 18.2 Å². The maximum absolute atomic E-state index is 12.3. The Morgan fingerprint density at radius 1 is 1.03 bits per heavy atom. The van der Waals surface area contributed by atoms with E-state index in [-0.39, 0.29) is 24.6 Å². The molecule has 1 aliphatic heterocycles. The second-order valence-corrected chi connectivity index (χ2v) is 9.80. The number of hydrogen-bond acceptors (Lipinski definition) is 7. The van der Waals surface area contributed by atoms with Crippen molar-refractivity contribution < 1.29 is 23.9 Å².